The van der Waals surface area contributed by atoms with Crippen molar-refractivity contribution < 1.29 is 4.79 Å². The fraction of sp³-hybridized carbons (Fsp3) is 0.381. The molecule has 3 heterocycles. The average molecular weight is 363 g/mol. The van der Waals surface area contributed by atoms with Crippen LogP contribution in [0, 0.1) is 5.92 Å². The number of carbonyl (C=O) groups excluding carboxylic acids is 1. The topological polar surface area (TPSA) is 62.5 Å². The van der Waals surface area contributed by atoms with Crippen LogP contribution in [0.15, 0.2) is 48.9 Å². The van der Waals surface area contributed by atoms with Crippen molar-refractivity contribution in [3.63, 3.8) is 0 Å². The van der Waals surface area contributed by atoms with Crippen molar-refractivity contribution in [1.29, 1.82) is 0 Å². The van der Waals surface area contributed by atoms with Crippen molar-refractivity contribution in [2.24, 2.45) is 5.92 Å². The number of amides is 1. The molecule has 140 valence electrons. The number of nitrogens with zero attached hydrogens (tertiary/aromatic N) is 4. The van der Waals surface area contributed by atoms with Crippen molar-refractivity contribution >= 4 is 11.6 Å². The molecule has 1 N–H and O–H groups in total. The number of piperidine rings is 1. The number of fused-ring (bicyclic) bond motifs is 1. The summed E-state index contributed by atoms with van der Waals surface area (Å²) in [6.07, 6.45) is 5.93. The molecule has 2 aromatic heterocycles. The smallest absolute Gasteiger partial charge is 0.253 e. The zero-order chi connectivity index (χ0) is 18.6. The van der Waals surface area contributed by atoms with E-state index in [-0.39, 0.29) is 5.91 Å². The van der Waals surface area contributed by atoms with Gasteiger partial charge in [0.1, 0.15) is 6.33 Å². The molecule has 4 rings (SSSR count). The predicted molar refractivity (Wildman–Crippen MR) is 104 cm³/mol. The number of nitrogens with one attached hydrogen (secondary N) is 1. The molecule has 0 spiro atoms. The van der Waals surface area contributed by atoms with Crippen LogP contribution < -0.4 is 5.32 Å². The predicted octanol–water partition coefficient (Wildman–Crippen LogP) is 2.89. The molecule has 1 amide bonds. The van der Waals surface area contributed by atoms with Crippen molar-refractivity contribution in [2.75, 3.05) is 13.1 Å². The first-order valence-corrected chi connectivity index (χ1v) is 9.55. The normalized spacial score (nSPS) is 15.9. The highest BCUT2D eigenvalue weighted by Gasteiger charge is 2.15. The van der Waals surface area contributed by atoms with Gasteiger partial charge in [0.05, 0.1) is 5.56 Å². The molecule has 0 radical (unpaired) electrons. The van der Waals surface area contributed by atoms with Crippen LogP contribution in [0.5, 0.6) is 0 Å². The van der Waals surface area contributed by atoms with Crippen LogP contribution in [-0.2, 0) is 13.1 Å². The molecule has 27 heavy (non-hydrogen) atoms. The van der Waals surface area contributed by atoms with Gasteiger partial charge in [-0.05, 0) is 55.1 Å². The Morgan fingerprint density at radius 1 is 1.11 bits per heavy atom. The van der Waals surface area contributed by atoms with Gasteiger partial charge in [-0.1, -0.05) is 31.2 Å². The Hall–Kier alpha value is -2.73. The van der Waals surface area contributed by atoms with Gasteiger partial charge in [0.2, 0.25) is 0 Å². The van der Waals surface area contributed by atoms with Gasteiger partial charge >= 0.3 is 0 Å². The third-order valence-corrected chi connectivity index (χ3v) is 5.31. The Morgan fingerprint density at radius 2 is 1.85 bits per heavy atom. The Labute approximate surface area is 159 Å². The molecule has 0 saturated carbocycles. The SMILES string of the molecule is CC1CCN(Cc2ccc(CNC(=O)c3ccc4nncn4c3)cc2)CC1. The monoisotopic (exact) mass is 363 g/mol. The molecule has 3 aromatic rings. The van der Waals surface area contributed by atoms with Crippen LogP contribution in [0.1, 0.15) is 41.3 Å². The minimum absolute atomic E-state index is 0.0999. The molecule has 0 atom stereocenters. The quantitative estimate of drug-likeness (QED) is 0.757. The second-order valence-corrected chi connectivity index (χ2v) is 7.47. The highest BCUT2D eigenvalue weighted by Crippen LogP contribution is 2.18. The van der Waals surface area contributed by atoms with Gasteiger partial charge < -0.3 is 5.32 Å². The van der Waals surface area contributed by atoms with Crippen LogP contribution >= 0.6 is 0 Å². The van der Waals surface area contributed by atoms with E-state index in [1.165, 1.54) is 31.5 Å². The molecular weight excluding hydrogens is 338 g/mol. The number of aromatic nitrogens is 3. The third kappa shape index (κ3) is 4.34. The van der Waals surface area contributed by atoms with E-state index in [1.54, 1.807) is 29.1 Å². The fourth-order valence-electron chi connectivity index (χ4n) is 3.49. The molecule has 0 bridgehead atoms. The third-order valence-electron chi connectivity index (χ3n) is 5.31. The molecule has 1 fully saturated rings. The first kappa shape index (κ1) is 17.7. The summed E-state index contributed by atoms with van der Waals surface area (Å²) in [5.41, 5.74) is 3.76. The van der Waals surface area contributed by atoms with Gasteiger partial charge in [-0.25, -0.2) is 0 Å². The molecule has 1 aliphatic heterocycles. The molecule has 6 heteroatoms. The molecular formula is C21H25N5O. The van der Waals surface area contributed by atoms with Crippen LogP contribution in [0.25, 0.3) is 5.65 Å². The zero-order valence-electron chi connectivity index (χ0n) is 15.6. The van der Waals surface area contributed by atoms with Gasteiger partial charge in [-0.3, -0.25) is 14.1 Å². The maximum absolute atomic E-state index is 12.4. The molecule has 1 saturated heterocycles. The number of hydrogen-bond acceptors (Lipinski definition) is 4. The summed E-state index contributed by atoms with van der Waals surface area (Å²) in [5, 5.41) is 10.7. The van der Waals surface area contributed by atoms with Crippen molar-refractivity contribution in [1.82, 2.24) is 24.8 Å². The highest BCUT2D eigenvalue weighted by molar-refractivity contribution is 5.94. The summed E-state index contributed by atoms with van der Waals surface area (Å²) in [6, 6.07) is 12.1. The first-order chi connectivity index (χ1) is 13.2. The number of pyridine rings is 1. The maximum Gasteiger partial charge on any atom is 0.253 e. The molecule has 6 nitrogen and oxygen atoms in total. The van der Waals surface area contributed by atoms with Crippen LogP contribution in [-0.4, -0.2) is 38.5 Å². The van der Waals surface area contributed by atoms with E-state index in [4.69, 9.17) is 0 Å². The van der Waals surface area contributed by atoms with E-state index in [0.717, 1.165) is 23.7 Å². The Balaban J connectivity index is 1.31. The Bertz CT molecular complexity index is 910. The zero-order valence-corrected chi connectivity index (χ0v) is 15.6. The van der Waals surface area contributed by atoms with E-state index >= 15 is 0 Å². The molecule has 1 aliphatic rings. The van der Waals surface area contributed by atoms with Gasteiger partial charge in [-0.15, -0.1) is 10.2 Å². The number of rotatable bonds is 5. The number of carbonyl (C=O) groups is 1. The highest BCUT2D eigenvalue weighted by atomic mass is 16.1. The number of benzene rings is 1. The van der Waals surface area contributed by atoms with Crippen LogP contribution in [0.4, 0.5) is 0 Å². The first-order valence-electron chi connectivity index (χ1n) is 9.55. The average Bonchev–Trinajstić information content (AvgIpc) is 3.17. The van der Waals surface area contributed by atoms with Crippen LogP contribution in [0.3, 0.4) is 0 Å². The fourth-order valence-corrected chi connectivity index (χ4v) is 3.49. The van der Waals surface area contributed by atoms with Crippen LogP contribution in [0.2, 0.25) is 0 Å². The van der Waals surface area contributed by atoms with Crippen molar-refractivity contribution in [2.45, 2.75) is 32.9 Å². The number of likely N-dealkylation sites (tertiary alicyclic amines) is 1. The van der Waals surface area contributed by atoms with Gasteiger partial charge in [-0.2, -0.15) is 0 Å². The standard InChI is InChI=1S/C21H25N5O/c1-16-8-10-25(11-9-16)13-18-4-2-17(3-5-18)12-22-21(27)19-6-7-20-24-23-15-26(20)14-19/h2-7,14-16H,8-13H2,1H3,(H,22,27). The van der Waals surface area contributed by atoms with Gasteiger partial charge in [0, 0.05) is 19.3 Å². The summed E-state index contributed by atoms with van der Waals surface area (Å²) in [6.45, 7) is 6.25. The van der Waals surface area contributed by atoms with Crippen molar-refractivity contribution in [3.05, 3.63) is 65.6 Å². The summed E-state index contributed by atoms with van der Waals surface area (Å²) >= 11 is 0. The summed E-state index contributed by atoms with van der Waals surface area (Å²) < 4.78 is 1.74. The summed E-state index contributed by atoms with van der Waals surface area (Å²) in [5.74, 6) is 0.759. The molecule has 1 aromatic carbocycles. The van der Waals surface area contributed by atoms with Crippen molar-refractivity contribution in [3.8, 4) is 0 Å². The number of hydrogen-bond donors (Lipinski definition) is 1. The summed E-state index contributed by atoms with van der Waals surface area (Å²) in [7, 11) is 0. The van der Waals surface area contributed by atoms with E-state index in [0.29, 0.717) is 12.1 Å². The van der Waals surface area contributed by atoms with Gasteiger partial charge in [0.15, 0.2) is 5.65 Å². The lowest BCUT2D eigenvalue weighted by Gasteiger charge is -2.30. The van der Waals surface area contributed by atoms with E-state index in [1.807, 2.05) is 0 Å². The molecule has 0 unspecified atom stereocenters. The second-order valence-electron chi connectivity index (χ2n) is 7.47. The Kier molecular flexibility index (Phi) is 5.16. The minimum atomic E-state index is -0.0999. The summed E-state index contributed by atoms with van der Waals surface area (Å²) in [4.78, 5) is 14.9. The van der Waals surface area contributed by atoms with E-state index < -0.39 is 0 Å². The lowest BCUT2D eigenvalue weighted by Crippen LogP contribution is -2.32. The maximum atomic E-state index is 12.4. The lowest BCUT2D eigenvalue weighted by molar-refractivity contribution is 0.0950. The van der Waals surface area contributed by atoms with Gasteiger partial charge in [0.25, 0.3) is 5.91 Å². The molecule has 0 aliphatic carbocycles. The Morgan fingerprint density at radius 3 is 2.63 bits per heavy atom. The lowest BCUT2D eigenvalue weighted by atomic mass is 9.99. The second kappa shape index (κ2) is 7.88. The van der Waals surface area contributed by atoms with E-state index in [9.17, 15) is 4.79 Å². The minimum Gasteiger partial charge on any atom is -0.348 e. The van der Waals surface area contributed by atoms with E-state index in [2.05, 4.69) is 51.6 Å². The largest absolute Gasteiger partial charge is 0.348 e.